The van der Waals surface area contributed by atoms with Crippen LogP contribution in [0.5, 0.6) is 0 Å². The Labute approximate surface area is 137 Å². The van der Waals surface area contributed by atoms with E-state index in [0.29, 0.717) is 0 Å². The molecule has 0 aliphatic carbocycles. The van der Waals surface area contributed by atoms with Crippen LogP contribution in [0.25, 0.3) is 5.52 Å². The molecule has 22 heavy (non-hydrogen) atoms. The second kappa shape index (κ2) is 4.78. The summed E-state index contributed by atoms with van der Waals surface area (Å²) in [6, 6.07) is 14.7. The SMILES string of the molecule is CC1(C)Cc2ccccc2C(c2cnn3c(Br)ccc3c2)=N1. The molecule has 0 amide bonds. The summed E-state index contributed by atoms with van der Waals surface area (Å²) in [6.07, 6.45) is 2.87. The van der Waals surface area contributed by atoms with Gasteiger partial charge in [-0.25, -0.2) is 4.52 Å². The van der Waals surface area contributed by atoms with Crippen LogP contribution in [0.1, 0.15) is 30.5 Å². The van der Waals surface area contributed by atoms with Crippen molar-refractivity contribution in [2.45, 2.75) is 25.8 Å². The van der Waals surface area contributed by atoms with Crippen molar-refractivity contribution in [3.63, 3.8) is 0 Å². The Kier molecular flexibility index (Phi) is 2.98. The number of rotatable bonds is 1. The van der Waals surface area contributed by atoms with Crippen LogP contribution in [0.15, 0.2) is 58.3 Å². The molecule has 0 bridgehead atoms. The number of aliphatic imine (C=N–C) groups is 1. The first-order valence-electron chi connectivity index (χ1n) is 7.35. The van der Waals surface area contributed by atoms with Gasteiger partial charge in [-0.3, -0.25) is 4.99 Å². The highest BCUT2D eigenvalue weighted by Crippen LogP contribution is 2.29. The molecule has 0 fully saturated rings. The Hall–Kier alpha value is -1.94. The van der Waals surface area contributed by atoms with E-state index >= 15 is 0 Å². The van der Waals surface area contributed by atoms with Gasteiger partial charge in [0, 0.05) is 11.1 Å². The fourth-order valence-corrected chi connectivity index (χ4v) is 3.52. The molecule has 0 radical (unpaired) electrons. The number of fused-ring (bicyclic) bond motifs is 2. The van der Waals surface area contributed by atoms with Crippen molar-refractivity contribution in [1.29, 1.82) is 0 Å². The molecule has 4 heteroatoms. The van der Waals surface area contributed by atoms with E-state index in [1.165, 1.54) is 11.1 Å². The first-order chi connectivity index (χ1) is 10.5. The molecule has 2 aromatic heterocycles. The van der Waals surface area contributed by atoms with E-state index in [2.05, 4.69) is 71.3 Å². The van der Waals surface area contributed by atoms with Crippen LogP contribution in [-0.2, 0) is 6.42 Å². The molecule has 1 aliphatic heterocycles. The molecule has 4 rings (SSSR count). The minimum atomic E-state index is -0.0849. The van der Waals surface area contributed by atoms with Crippen molar-refractivity contribution in [3.05, 3.63) is 70.0 Å². The third-order valence-corrected chi connectivity index (χ3v) is 4.64. The second-order valence-corrected chi connectivity index (χ2v) is 7.16. The van der Waals surface area contributed by atoms with Gasteiger partial charge < -0.3 is 0 Å². The lowest BCUT2D eigenvalue weighted by Gasteiger charge is -2.29. The molecule has 110 valence electrons. The van der Waals surface area contributed by atoms with Crippen LogP contribution < -0.4 is 0 Å². The van der Waals surface area contributed by atoms with Crippen LogP contribution in [0, 0.1) is 0 Å². The Balaban J connectivity index is 1.93. The highest BCUT2D eigenvalue weighted by atomic mass is 79.9. The zero-order valence-electron chi connectivity index (χ0n) is 12.5. The van der Waals surface area contributed by atoms with E-state index in [1.54, 1.807) is 0 Å². The van der Waals surface area contributed by atoms with Crippen molar-refractivity contribution in [2.75, 3.05) is 0 Å². The average molecular weight is 354 g/mol. The Morgan fingerprint density at radius 3 is 2.82 bits per heavy atom. The van der Waals surface area contributed by atoms with Crippen molar-refractivity contribution in [2.24, 2.45) is 4.99 Å². The van der Waals surface area contributed by atoms with E-state index in [1.807, 2.05) is 16.8 Å². The topological polar surface area (TPSA) is 29.7 Å². The van der Waals surface area contributed by atoms with E-state index in [-0.39, 0.29) is 5.54 Å². The van der Waals surface area contributed by atoms with Crippen molar-refractivity contribution < 1.29 is 0 Å². The number of nitrogens with zero attached hydrogens (tertiary/aromatic N) is 3. The van der Waals surface area contributed by atoms with Crippen molar-refractivity contribution >= 4 is 27.2 Å². The molecular weight excluding hydrogens is 338 g/mol. The number of aromatic nitrogens is 2. The van der Waals surface area contributed by atoms with Gasteiger partial charge in [0.1, 0.15) is 4.60 Å². The van der Waals surface area contributed by atoms with Gasteiger partial charge in [-0.05, 0) is 60.0 Å². The predicted molar refractivity (Wildman–Crippen MR) is 92.8 cm³/mol. The van der Waals surface area contributed by atoms with E-state index in [0.717, 1.165) is 27.8 Å². The minimum absolute atomic E-state index is 0.0849. The number of benzene rings is 1. The normalized spacial score (nSPS) is 16.4. The summed E-state index contributed by atoms with van der Waals surface area (Å²) in [6.45, 7) is 4.37. The zero-order chi connectivity index (χ0) is 15.3. The maximum absolute atomic E-state index is 5.00. The quantitative estimate of drug-likeness (QED) is 0.642. The maximum atomic E-state index is 5.00. The summed E-state index contributed by atoms with van der Waals surface area (Å²) >= 11 is 3.50. The summed E-state index contributed by atoms with van der Waals surface area (Å²) in [5, 5.41) is 4.53. The van der Waals surface area contributed by atoms with E-state index in [9.17, 15) is 0 Å². The fraction of sp³-hybridized carbons (Fsp3) is 0.222. The minimum Gasteiger partial charge on any atom is -0.278 e. The van der Waals surface area contributed by atoms with Gasteiger partial charge >= 0.3 is 0 Å². The predicted octanol–water partition coefficient (Wildman–Crippen LogP) is 4.27. The first-order valence-corrected chi connectivity index (χ1v) is 8.15. The lowest BCUT2D eigenvalue weighted by atomic mass is 9.85. The first kappa shape index (κ1) is 13.7. The average Bonchev–Trinajstić information content (AvgIpc) is 2.86. The highest BCUT2D eigenvalue weighted by Gasteiger charge is 2.27. The van der Waals surface area contributed by atoms with Crippen LogP contribution in [0.4, 0.5) is 0 Å². The smallest absolute Gasteiger partial charge is 0.108 e. The molecule has 1 aromatic carbocycles. The van der Waals surface area contributed by atoms with Gasteiger partial charge in [0.2, 0.25) is 0 Å². The van der Waals surface area contributed by atoms with Gasteiger partial charge in [0.05, 0.1) is 23.0 Å². The van der Waals surface area contributed by atoms with Crippen molar-refractivity contribution in [1.82, 2.24) is 9.61 Å². The molecule has 0 atom stereocenters. The highest BCUT2D eigenvalue weighted by molar-refractivity contribution is 9.10. The molecule has 0 unspecified atom stereocenters. The van der Waals surface area contributed by atoms with Crippen molar-refractivity contribution in [3.8, 4) is 0 Å². The number of hydrogen-bond donors (Lipinski definition) is 0. The molecule has 3 nitrogen and oxygen atoms in total. The van der Waals surface area contributed by atoms with Gasteiger partial charge in [0.25, 0.3) is 0 Å². The van der Waals surface area contributed by atoms with Gasteiger partial charge in [-0.15, -0.1) is 0 Å². The summed E-state index contributed by atoms with van der Waals surface area (Å²) in [4.78, 5) is 5.00. The summed E-state index contributed by atoms with van der Waals surface area (Å²) in [5.74, 6) is 0. The zero-order valence-corrected chi connectivity index (χ0v) is 14.1. The standard InChI is InChI=1S/C18H16BrN3/c1-18(2)10-12-5-3-4-6-15(12)17(21-18)13-9-14-7-8-16(19)22(14)20-11-13/h3-9,11H,10H2,1-2H3. The molecule has 0 saturated heterocycles. The number of halogens is 1. The fourth-order valence-electron chi connectivity index (χ4n) is 3.09. The molecule has 3 aromatic rings. The summed E-state index contributed by atoms with van der Waals surface area (Å²) < 4.78 is 2.84. The third-order valence-electron chi connectivity index (χ3n) is 4.04. The van der Waals surface area contributed by atoms with Crippen LogP contribution in [-0.4, -0.2) is 20.9 Å². The largest absolute Gasteiger partial charge is 0.278 e. The molecule has 0 spiro atoms. The number of hydrogen-bond acceptors (Lipinski definition) is 2. The van der Waals surface area contributed by atoms with Gasteiger partial charge in [-0.2, -0.15) is 5.10 Å². The molecule has 0 saturated carbocycles. The van der Waals surface area contributed by atoms with Crippen LogP contribution in [0.3, 0.4) is 0 Å². The van der Waals surface area contributed by atoms with Crippen LogP contribution in [0.2, 0.25) is 0 Å². The third kappa shape index (κ3) is 2.18. The summed E-state index contributed by atoms with van der Waals surface area (Å²) in [5.41, 5.74) is 5.66. The van der Waals surface area contributed by atoms with Gasteiger partial charge in [-0.1, -0.05) is 24.3 Å². The molecular formula is C18H16BrN3. The van der Waals surface area contributed by atoms with Crippen LogP contribution >= 0.6 is 15.9 Å². The Morgan fingerprint density at radius 1 is 1.14 bits per heavy atom. The monoisotopic (exact) mass is 353 g/mol. The second-order valence-electron chi connectivity index (χ2n) is 6.34. The maximum Gasteiger partial charge on any atom is 0.108 e. The Morgan fingerprint density at radius 2 is 1.95 bits per heavy atom. The Bertz CT molecular complexity index is 906. The lowest BCUT2D eigenvalue weighted by Crippen LogP contribution is -2.29. The molecule has 1 aliphatic rings. The van der Waals surface area contributed by atoms with Gasteiger partial charge in [0.15, 0.2) is 0 Å². The van der Waals surface area contributed by atoms with E-state index in [4.69, 9.17) is 4.99 Å². The lowest BCUT2D eigenvalue weighted by molar-refractivity contribution is 0.513. The molecule has 3 heterocycles. The summed E-state index contributed by atoms with van der Waals surface area (Å²) in [7, 11) is 0. The molecule has 0 N–H and O–H groups in total. The van der Waals surface area contributed by atoms with E-state index < -0.39 is 0 Å².